The first-order valence-corrected chi connectivity index (χ1v) is 13.1. The molecule has 0 spiro atoms. The van der Waals surface area contributed by atoms with E-state index in [1.54, 1.807) is 12.1 Å². The monoisotopic (exact) mass is 568 g/mol. The number of carboxylic acid groups (broad SMARTS) is 1. The van der Waals surface area contributed by atoms with E-state index in [0.29, 0.717) is 17.0 Å². The molecule has 0 fully saturated rings. The number of nitrogens with one attached hydrogen (secondary N) is 5. The number of H-pyrrole nitrogens is 2. The Morgan fingerprint density at radius 1 is 0.805 bits per heavy atom. The summed E-state index contributed by atoms with van der Waals surface area (Å²) in [6.45, 7) is 3.66. The van der Waals surface area contributed by atoms with Crippen molar-refractivity contribution in [2.24, 2.45) is 11.7 Å². The molecule has 0 saturated heterocycles. The van der Waals surface area contributed by atoms with Gasteiger partial charge < -0.3 is 41.9 Å². The molecule has 14 nitrogen and oxygen atoms in total. The fraction of sp³-hybridized carbons (Fsp3) is 0.407. The molecule has 1 aromatic carbocycles. The maximum atomic E-state index is 13.5. The third kappa shape index (κ3) is 9.76. The van der Waals surface area contributed by atoms with Crippen LogP contribution in [0.4, 0.5) is 0 Å². The number of aromatic amines is 2. The number of hydrogen-bond acceptors (Lipinski definition) is 8. The van der Waals surface area contributed by atoms with Crippen molar-refractivity contribution in [3.05, 3.63) is 66.3 Å². The summed E-state index contributed by atoms with van der Waals surface area (Å²) >= 11 is 0. The molecule has 3 rings (SSSR count). The van der Waals surface area contributed by atoms with Crippen molar-refractivity contribution < 1.29 is 29.4 Å². The molecule has 0 aliphatic carbocycles. The molecule has 3 aromatic rings. The molecule has 2 heterocycles. The number of benzene rings is 1. The molecule has 3 amide bonds. The molecule has 9 N–H and O–H groups in total. The van der Waals surface area contributed by atoms with E-state index < -0.39 is 47.9 Å². The van der Waals surface area contributed by atoms with Gasteiger partial charge in [-0.05, 0) is 30.0 Å². The second kappa shape index (κ2) is 14.6. The van der Waals surface area contributed by atoms with Crippen LogP contribution in [0.1, 0.15) is 37.2 Å². The summed E-state index contributed by atoms with van der Waals surface area (Å²) in [5.74, 6) is -3.17. The van der Waals surface area contributed by atoms with Gasteiger partial charge in [-0.1, -0.05) is 26.0 Å². The summed E-state index contributed by atoms with van der Waals surface area (Å²) in [6, 6.07) is 1.56. The largest absolute Gasteiger partial charge is 0.508 e. The number of aromatic nitrogens is 4. The van der Waals surface area contributed by atoms with E-state index in [9.17, 15) is 29.4 Å². The Bertz CT molecular complexity index is 1280. The van der Waals surface area contributed by atoms with Crippen molar-refractivity contribution in [1.29, 1.82) is 0 Å². The first-order valence-electron chi connectivity index (χ1n) is 13.1. The van der Waals surface area contributed by atoms with Gasteiger partial charge in [0, 0.05) is 43.0 Å². The van der Waals surface area contributed by atoms with E-state index in [4.69, 9.17) is 5.73 Å². The quantitative estimate of drug-likeness (QED) is 0.121. The summed E-state index contributed by atoms with van der Waals surface area (Å²) in [5.41, 5.74) is 7.86. The highest BCUT2D eigenvalue weighted by Crippen LogP contribution is 2.13. The molecule has 14 heteroatoms. The molecule has 0 aliphatic rings. The van der Waals surface area contributed by atoms with Gasteiger partial charge in [0.15, 0.2) is 0 Å². The van der Waals surface area contributed by atoms with Gasteiger partial charge in [0.25, 0.3) is 0 Å². The smallest absolute Gasteiger partial charge is 0.326 e. The molecular weight excluding hydrogens is 532 g/mol. The predicted molar refractivity (Wildman–Crippen MR) is 147 cm³/mol. The van der Waals surface area contributed by atoms with Crippen LogP contribution in [0.15, 0.2) is 49.3 Å². The number of carbonyl (C=O) groups excluding carboxylic acids is 3. The number of nitrogens with two attached hydrogens (primary N) is 1. The second-order valence-electron chi connectivity index (χ2n) is 10.2. The van der Waals surface area contributed by atoms with Crippen LogP contribution in [0, 0.1) is 5.92 Å². The SMILES string of the molecule is CC(C)CC(NC(=O)C(Cc1ccc(O)cc1)NC(=O)C(Cc1cnc[nH]1)NC(=O)C(N)Cc1cnc[nH]1)C(=O)O. The van der Waals surface area contributed by atoms with Crippen molar-refractivity contribution in [2.45, 2.75) is 63.7 Å². The van der Waals surface area contributed by atoms with Gasteiger partial charge in [-0.3, -0.25) is 14.4 Å². The fourth-order valence-electron chi connectivity index (χ4n) is 4.14. The zero-order chi connectivity index (χ0) is 29.9. The summed E-state index contributed by atoms with van der Waals surface area (Å²) in [7, 11) is 0. The zero-order valence-corrected chi connectivity index (χ0v) is 22.8. The molecule has 4 unspecified atom stereocenters. The first-order chi connectivity index (χ1) is 19.5. The number of amides is 3. The lowest BCUT2D eigenvalue weighted by molar-refractivity contribution is -0.142. The van der Waals surface area contributed by atoms with Crippen LogP contribution in [0.5, 0.6) is 5.75 Å². The molecule has 0 bridgehead atoms. The number of hydrogen-bond donors (Lipinski definition) is 8. The third-order valence-electron chi connectivity index (χ3n) is 6.27. The second-order valence-corrected chi connectivity index (χ2v) is 10.2. The number of nitrogens with zero attached hydrogens (tertiary/aromatic N) is 2. The highest BCUT2D eigenvalue weighted by molar-refractivity contribution is 5.94. The van der Waals surface area contributed by atoms with Gasteiger partial charge in [0.05, 0.1) is 18.7 Å². The Morgan fingerprint density at radius 3 is 1.83 bits per heavy atom. The van der Waals surface area contributed by atoms with E-state index in [1.165, 1.54) is 37.2 Å². The molecule has 41 heavy (non-hydrogen) atoms. The molecule has 4 atom stereocenters. The highest BCUT2D eigenvalue weighted by Gasteiger charge is 2.31. The number of imidazole rings is 2. The third-order valence-corrected chi connectivity index (χ3v) is 6.27. The normalized spacial score (nSPS) is 14.0. The van der Waals surface area contributed by atoms with Gasteiger partial charge in [0.1, 0.15) is 23.9 Å². The Hall–Kier alpha value is -4.72. The van der Waals surface area contributed by atoms with Gasteiger partial charge in [-0.25, -0.2) is 14.8 Å². The number of carboxylic acids is 1. The molecule has 0 radical (unpaired) electrons. The van der Waals surface area contributed by atoms with Crippen molar-refractivity contribution >= 4 is 23.7 Å². The predicted octanol–water partition coefficient (Wildman–Crippen LogP) is -0.221. The van der Waals surface area contributed by atoms with E-state index in [-0.39, 0.29) is 37.4 Å². The highest BCUT2D eigenvalue weighted by atomic mass is 16.4. The van der Waals surface area contributed by atoms with Crippen LogP contribution in [-0.2, 0) is 38.4 Å². The molecule has 0 aliphatic heterocycles. The fourth-order valence-corrected chi connectivity index (χ4v) is 4.14. The van der Waals surface area contributed by atoms with Crippen molar-refractivity contribution in [2.75, 3.05) is 0 Å². The Morgan fingerprint density at radius 2 is 1.32 bits per heavy atom. The Labute approximate surface area is 236 Å². The molecular formula is C27H36N8O6. The number of aromatic hydroxyl groups is 1. The lowest BCUT2D eigenvalue weighted by Gasteiger charge is -2.25. The number of carbonyl (C=O) groups is 4. The minimum atomic E-state index is -1.20. The van der Waals surface area contributed by atoms with Gasteiger partial charge in [-0.2, -0.15) is 0 Å². The van der Waals surface area contributed by atoms with Gasteiger partial charge >= 0.3 is 5.97 Å². The number of phenolic OH excluding ortho intramolecular Hbond substituents is 1. The van der Waals surface area contributed by atoms with E-state index in [0.717, 1.165) is 0 Å². The average Bonchev–Trinajstić information content (AvgIpc) is 3.63. The van der Waals surface area contributed by atoms with E-state index >= 15 is 0 Å². The topological polar surface area (TPSA) is 228 Å². The maximum Gasteiger partial charge on any atom is 0.326 e. The minimum absolute atomic E-state index is 0.00403. The Kier molecular flexibility index (Phi) is 11.0. The van der Waals surface area contributed by atoms with E-state index in [1.807, 2.05) is 13.8 Å². The number of phenols is 1. The minimum Gasteiger partial charge on any atom is -0.508 e. The van der Waals surface area contributed by atoms with Crippen molar-refractivity contribution in [3.63, 3.8) is 0 Å². The standard InChI is InChI=1S/C27H36N8O6/c1-15(2)7-23(27(40)41)35-25(38)21(8-16-3-5-19(36)6-4-16)34-26(39)22(10-18-12-30-14-32-18)33-24(37)20(28)9-17-11-29-13-31-17/h3-6,11-15,20-23,36H,7-10,28H2,1-2H3,(H,29,31)(H,30,32)(H,33,37)(H,34,39)(H,35,38)(H,40,41). The molecule has 2 aromatic heterocycles. The summed E-state index contributed by atoms with van der Waals surface area (Å²) in [4.78, 5) is 65.2. The maximum absolute atomic E-state index is 13.5. The molecule has 0 saturated carbocycles. The molecule has 220 valence electrons. The lowest BCUT2D eigenvalue weighted by atomic mass is 10.0. The summed E-state index contributed by atoms with van der Waals surface area (Å²) in [5, 5.41) is 27.1. The average molecular weight is 569 g/mol. The van der Waals surface area contributed by atoms with Gasteiger partial charge in [0.2, 0.25) is 17.7 Å². The van der Waals surface area contributed by atoms with Crippen LogP contribution < -0.4 is 21.7 Å². The number of aliphatic carboxylic acids is 1. The zero-order valence-electron chi connectivity index (χ0n) is 22.8. The first kappa shape index (κ1) is 30.8. The Balaban J connectivity index is 1.81. The van der Waals surface area contributed by atoms with Gasteiger partial charge in [-0.15, -0.1) is 0 Å². The van der Waals surface area contributed by atoms with Crippen LogP contribution >= 0.6 is 0 Å². The van der Waals surface area contributed by atoms with Crippen molar-refractivity contribution in [3.8, 4) is 5.75 Å². The van der Waals surface area contributed by atoms with Crippen molar-refractivity contribution in [1.82, 2.24) is 35.9 Å². The number of rotatable bonds is 15. The van der Waals surface area contributed by atoms with Crippen LogP contribution in [-0.4, -0.2) is 78.0 Å². The van der Waals surface area contributed by atoms with Crippen LogP contribution in [0.25, 0.3) is 0 Å². The van der Waals surface area contributed by atoms with Crippen LogP contribution in [0.2, 0.25) is 0 Å². The van der Waals surface area contributed by atoms with E-state index in [2.05, 4.69) is 35.9 Å². The lowest BCUT2D eigenvalue weighted by Crippen LogP contribution is -2.58. The summed E-state index contributed by atoms with van der Waals surface area (Å²) in [6.07, 6.45) is 6.29. The van der Waals surface area contributed by atoms with Crippen LogP contribution in [0.3, 0.4) is 0 Å². The summed E-state index contributed by atoms with van der Waals surface area (Å²) < 4.78 is 0.